The molecule has 2 aliphatic rings. The van der Waals surface area contributed by atoms with Crippen molar-refractivity contribution in [2.24, 2.45) is 5.92 Å². The largest absolute Gasteiger partial charge is 0.378 e. The number of carbonyl (C=O) groups is 1. The number of ether oxygens (including phenoxy) is 1. The number of rotatable bonds is 6. The van der Waals surface area contributed by atoms with Crippen LogP contribution in [-0.2, 0) is 9.53 Å². The van der Waals surface area contributed by atoms with E-state index in [0.29, 0.717) is 24.0 Å². The second-order valence-corrected chi connectivity index (χ2v) is 6.63. The van der Waals surface area contributed by atoms with E-state index in [0.717, 1.165) is 44.2 Å². The summed E-state index contributed by atoms with van der Waals surface area (Å²) in [5.74, 6) is 0.946. The molecule has 0 spiro atoms. The highest BCUT2D eigenvalue weighted by molar-refractivity contribution is 9.09. The molecule has 0 N–H and O–H groups in total. The van der Waals surface area contributed by atoms with E-state index in [4.69, 9.17) is 4.74 Å². The van der Waals surface area contributed by atoms with Crippen molar-refractivity contribution < 1.29 is 9.53 Å². The lowest BCUT2D eigenvalue weighted by molar-refractivity contribution is -0.138. The second kappa shape index (κ2) is 7.63. The van der Waals surface area contributed by atoms with Gasteiger partial charge in [0.2, 0.25) is 5.91 Å². The predicted molar refractivity (Wildman–Crippen MR) is 80.5 cm³/mol. The molecule has 2 fully saturated rings. The van der Waals surface area contributed by atoms with Crippen LogP contribution in [0.1, 0.15) is 51.9 Å². The molecule has 110 valence electrons. The number of halogens is 1. The number of hydrogen-bond donors (Lipinski definition) is 0. The minimum Gasteiger partial charge on any atom is -0.378 e. The van der Waals surface area contributed by atoms with Gasteiger partial charge < -0.3 is 9.64 Å². The summed E-state index contributed by atoms with van der Waals surface area (Å²) < 4.78 is 5.56. The van der Waals surface area contributed by atoms with Crippen LogP contribution in [0.15, 0.2) is 0 Å². The van der Waals surface area contributed by atoms with Gasteiger partial charge in [-0.1, -0.05) is 15.9 Å². The van der Waals surface area contributed by atoms with Crippen LogP contribution in [0.4, 0.5) is 0 Å². The summed E-state index contributed by atoms with van der Waals surface area (Å²) in [6.07, 6.45) is 8.05. The molecule has 19 heavy (non-hydrogen) atoms. The van der Waals surface area contributed by atoms with Gasteiger partial charge in [-0.25, -0.2) is 0 Å². The highest BCUT2D eigenvalue weighted by Gasteiger charge is 2.34. The van der Waals surface area contributed by atoms with Gasteiger partial charge in [-0.2, -0.15) is 0 Å². The quantitative estimate of drug-likeness (QED) is 0.698. The normalized spacial score (nSPS) is 31.1. The lowest BCUT2D eigenvalue weighted by Crippen LogP contribution is -2.45. The molecule has 0 bridgehead atoms. The van der Waals surface area contributed by atoms with Crippen LogP contribution in [0.3, 0.4) is 0 Å². The summed E-state index contributed by atoms with van der Waals surface area (Å²) in [6, 6.07) is 0.475. The Morgan fingerprint density at radius 2 is 2.16 bits per heavy atom. The maximum Gasteiger partial charge on any atom is 0.223 e. The Labute approximate surface area is 125 Å². The Morgan fingerprint density at radius 1 is 1.37 bits per heavy atom. The van der Waals surface area contributed by atoms with Crippen LogP contribution in [0, 0.1) is 5.92 Å². The van der Waals surface area contributed by atoms with E-state index in [1.165, 1.54) is 19.3 Å². The zero-order valence-corrected chi connectivity index (χ0v) is 13.5. The van der Waals surface area contributed by atoms with Crippen LogP contribution >= 0.6 is 15.9 Å². The molecule has 0 aromatic carbocycles. The molecule has 4 heteroatoms. The van der Waals surface area contributed by atoms with Crippen LogP contribution < -0.4 is 0 Å². The first-order valence-electron chi connectivity index (χ1n) is 7.71. The van der Waals surface area contributed by atoms with Gasteiger partial charge in [0.15, 0.2) is 0 Å². The Hall–Kier alpha value is -0.0900. The monoisotopic (exact) mass is 331 g/mol. The third-order valence-corrected chi connectivity index (χ3v) is 4.91. The van der Waals surface area contributed by atoms with E-state index < -0.39 is 0 Å². The summed E-state index contributed by atoms with van der Waals surface area (Å²) in [4.78, 5) is 14.6. The average Bonchev–Trinajstić information content (AvgIpc) is 2.37. The minimum absolute atomic E-state index is 0.380. The van der Waals surface area contributed by atoms with Gasteiger partial charge >= 0.3 is 0 Å². The SMILES string of the molecule is CCOC1CC(CC(=O)N2CCCCC2CCBr)C1. The van der Waals surface area contributed by atoms with Crippen LogP contribution in [-0.4, -0.2) is 41.4 Å². The number of hydrogen-bond acceptors (Lipinski definition) is 2. The lowest BCUT2D eigenvalue weighted by Gasteiger charge is -2.39. The molecule has 1 unspecified atom stereocenters. The Morgan fingerprint density at radius 3 is 2.84 bits per heavy atom. The third-order valence-electron chi connectivity index (χ3n) is 4.45. The van der Waals surface area contributed by atoms with Gasteiger partial charge in [0.25, 0.3) is 0 Å². The first-order chi connectivity index (χ1) is 9.24. The van der Waals surface area contributed by atoms with Gasteiger partial charge in [0.05, 0.1) is 6.10 Å². The van der Waals surface area contributed by atoms with Crippen LogP contribution in [0.2, 0.25) is 0 Å². The molecule has 1 saturated carbocycles. The molecule has 1 aliphatic heterocycles. The van der Waals surface area contributed by atoms with E-state index >= 15 is 0 Å². The number of alkyl halides is 1. The summed E-state index contributed by atoms with van der Waals surface area (Å²) in [5, 5.41) is 0.997. The zero-order chi connectivity index (χ0) is 13.7. The number of likely N-dealkylation sites (tertiary alicyclic amines) is 1. The van der Waals surface area contributed by atoms with Crippen LogP contribution in [0.5, 0.6) is 0 Å². The molecule has 1 aliphatic carbocycles. The highest BCUT2D eigenvalue weighted by atomic mass is 79.9. The molecule has 1 amide bonds. The molecule has 0 aromatic heterocycles. The molecule has 2 rings (SSSR count). The molecule has 3 nitrogen and oxygen atoms in total. The number of nitrogens with zero attached hydrogens (tertiary/aromatic N) is 1. The van der Waals surface area contributed by atoms with E-state index in [2.05, 4.69) is 20.8 Å². The fourth-order valence-corrected chi connectivity index (χ4v) is 3.86. The van der Waals surface area contributed by atoms with E-state index in [1.807, 2.05) is 6.92 Å². The molecular weight excluding hydrogens is 306 g/mol. The van der Waals surface area contributed by atoms with Gasteiger partial charge in [-0.15, -0.1) is 0 Å². The van der Waals surface area contributed by atoms with E-state index in [-0.39, 0.29) is 0 Å². The topological polar surface area (TPSA) is 29.5 Å². The zero-order valence-electron chi connectivity index (χ0n) is 11.9. The molecule has 1 saturated heterocycles. The molecular formula is C15H26BrNO2. The number of carbonyl (C=O) groups excluding carboxylic acids is 1. The lowest BCUT2D eigenvalue weighted by atomic mass is 9.79. The molecule has 1 atom stereocenters. The van der Waals surface area contributed by atoms with Crippen molar-refractivity contribution >= 4 is 21.8 Å². The van der Waals surface area contributed by atoms with Gasteiger partial charge in [-0.3, -0.25) is 4.79 Å². The summed E-state index contributed by atoms with van der Waals surface area (Å²) in [5.41, 5.74) is 0. The standard InChI is InChI=1S/C15H26BrNO2/c1-2-19-14-9-12(10-14)11-15(18)17-8-4-3-5-13(17)6-7-16/h12-14H,2-11H2,1H3. The van der Waals surface area contributed by atoms with Crippen molar-refractivity contribution in [2.75, 3.05) is 18.5 Å². The predicted octanol–water partition coefficient (Wildman–Crippen LogP) is 3.36. The number of piperidine rings is 1. The molecule has 0 aromatic rings. The fraction of sp³-hybridized carbons (Fsp3) is 0.933. The summed E-state index contributed by atoms with van der Waals surface area (Å²) >= 11 is 3.51. The Balaban J connectivity index is 1.75. The minimum atomic E-state index is 0.380. The van der Waals surface area contributed by atoms with Crippen LogP contribution in [0.25, 0.3) is 0 Å². The first-order valence-corrected chi connectivity index (χ1v) is 8.83. The molecule has 1 heterocycles. The van der Waals surface area contributed by atoms with Crippen molar-refractivity contribution in [3.63, 3.8) is 0 Å². The van der Waals surface area contributed by atoms with E-state index in [9.17, 15) is 4.79 Å². The van der Waals surface area contributed by atoms with Crippen molar-refractivity contribution in [1.82, 2.24) is 4.90 Å². The maximum atomic E-state index is 12.4. The van der Waals surface area contributed by atoms with Gasteiger partial charge in [0.1, 0.15) is 0 Å². The van der Waals surface area contributed by atoms with Gasteiger partial charge in [0, 0.05) is 30.9 Å². The maximum absolute atomic E-state index is 12.4. The van der Waals surface area contributed by atoms with Gasteiger partial charge in [-0.05, 0) is 51.4 Å². The summed E-state index contributed by atoms with van der Waals surface area (Å²) in [6.45, 7) is 3.81. The average molecular weight is 332 g/mol. The third kappa shape index (κ3) is 4.19. The van der Waals surface area contributed by atoms with Crippen molar-refractivity contribution in [3.8, 4) is 0 Å². The van der Waals surface area contributed by atoms with Crippen molar-refractivity contribution in [1.29, 1.82) is 0 Å². The fourth-order valence-electron chi connectivity index (χ4n) is 3.33. The van der Waals surface area contributed by atoms with E-state index in [1.54, 1.807) is 0 Å². The van der Waals surface area contributed by atoms with Crippen molar-refractivity contribution in [2.45, 2.75) is 64.0 Å². The van der Waals surface area contributed by atoms with Crippen molar-refractivity contribution in [3.05, 3.63) is 0 Å². The summed E-state index contributed by atoms with van der Waals surface area (Å²) in [7, 11) is 0. The Kier molecular flexibility index (Phi) is 6.14. The highest BCUT2D eigenvalue weighted by Crippen LogP contribution is 2.34. The number of amides is 1. The Bertz CT molecular complexity index is 290. The second-order valence-electron chi connectivity index (χ2n) is 5.83. The smallest absolute Gasteiger partial charge is 0.223 e. The molecule has 0 radical (unpaired) electrons. The first kappa shape index (κ1) is 15.3.